The summed E-state index contributed by atoms with van der Waals surface area (Å²) < 4.78 is 5.12. The molecule has 0 bridgehead atoms. The lowest BCUT2D eigenvalue weighted by molar-refractivity contribution is 0.140. The van der Waals surface area contributed by atoms with E-state index >= 15 is 0 Å². The molecule has 120 valence electrons. The van der Waals surface area contributed by atoms with Crippen LogP contribution in [0.2, 0.25) is 5.15 Å². The molecule has 1 N–H and O–H groups in total. The molecule has 0 radical (unpaired) electrons. The van der Waals surface area contributed by atoms with Gasteiger partial charge >= 0.3 is 6.09 Å². The maximum Gasteiger partial charge on any atom is 0.407 e. The van der Waals surface area contributed by atoms with Crippen molar-refractivity contribution < 1.29 is 9.53 Å². The Balaban J connectivity index is 1.67. The zero-order valence-electron chi connectivity index (χ0n) is 13.0. The molecule has 2 aromatic rings. The van der Waals surface area contributed by atoms with Gasteiger partial charge in [-0.3, -0.25) is 0 Å². The van der Waals surface area contributed by atoms with Gasteiger partial charge in [0.2, 0.25) is 0 Å². The standard InChI is InChI=1S/C18H19ClN2O2/c1-14-11-16(17(19)21-12-14)9-5-6-10-20-18(22)23-13-15-7-3-2-4-8-15/h2-5,7-9,11-12H,6,10,13H2,1H3,(H,20,22). The highest BCUT2D eigenvalue weighted by Gasteiger charge is 2.01. The van der Waals surface area contributed by atoms with Gasteiger partial charge in [0.25, 0.3) is 0 Å². The van der Waals surface area contributed by atoms with E-state index in [0.29, 0.717) is 18.1 Å². The summed E-state index contributed by atoms with van der Waals surface area (Å²) in [6.07, 6.45) is 5.84. The number of nitrogens with one attached hydrogen (secondary N) is 1. The molecule has 0 saturated heterocycles. The molecule has 0 aliphatic carbocycles. The third kappa shape index (κ3) is 6.12. The van der Waals surface area contributed by atoms with Crippen molar-refractivity contribution in [3.05, 3.63) is 70.5 Å². The molecule has 2 rings (SSSR count). The van der Waals surface area contributed by atoms with Gasteiger partial charge < -0.3 is 10.1 Å². The van der Waals surface area contributed by atoms with Crippen LogP contribution in [-0.2, 0) is 11.3 Å². The van der Waals surface area contributed by atoms with Crippen LogP contribution in [0.5, 0.6) is 0 Å². The molecule has 1 heterocycles. The number of nitrogens with zero attached hydrogens (tertiary/aromatic N) is 1. The van der Waals surface area contributed by atoms with E-state index < -0.39 is 6.09 Å². The molecule has 1 aromatic heterocycles. The lowest BCUT2D eigenvalue weighted by Gasteiger charge is -2.06. The minimum absolute atomic E-state index is 0.271. The normalized spacial score (nSPS) is 10.7. The molecular formula is C18H19ClN2O2. The van der Waals surface area contributed by atoms with Gasteiger partial charge in [-0.1, -0.05) is 54.1 Å². The number of rotatable bonds is 6. The summed E-state index contributed by atoms with van der Waals surface area (Å²) in [6.45, 7) is 2.74. The Labute approximate surface area is 141 Å². The molecule has 0 aliphatic rings. The van der Waals surface area contributed by atoms with E-state index in [1.165, 1.54) is 0 Å². The maximum atomic E-state index is 11.6. The first-order chi connectivity index (χ1) is 11.1. The number of pyridine rings is 1. The minimum Gasteiger partial charge on any atom is -0.445 e. The summed E-state index contributed by atoms with van der Waals surface area (Å²) in [7, 11) is 0. The van der Waals surface area contributed by atoms with Crippen LogP contribution < -0.4 is 5.32 Å². The molecule has 0 saturated carbocycles. The van der Waals surface area contributed by atoms with Crippen LogP contribution in [0.25, 0.3) is 6.08 Å². The summed E-state index contributed by atoms with van der Waals surface area (Å²) >= 11 is 6.01. The lowest BCUT2D eigenvalue weighted by Crippen LogP contribution is -2.24. The average Bonchev–Trinajstić information content (AvgIpc) is 2.56. The first kappa shape index (κ1) is 17.0. The first-order valence-electron chi connectivity index (χ1n) is 7.38. The third-order valence-corrected chi connectivity index (χ3v) is 3.41. The van der Waals surface area contributed by atoms with Crippen molar-refractivity contribution in [2.75, 3.05) is 6.54 Å². The highest BCUT2D eigenvalue weighted by atomic mass is 35.5. The predicted molar refractivity (Wildman–Crippen MR) is 92.3 cm³/mol. The summed E-state index contributed by atoms with van der Waals surface area (Å²) in [5, 5.41) is 3.18. The van der Waals surface area contributed by atoms with Gasteiger partial charge in [0, 0.05) is 18.3 Å². The van der Waals surface area contributed by atoms with Crippen LogP contribution in [0.1, 0.15) is 23.1 Å². The fourth-order valence-electron chi connectivity index (χ4n) is 1.93. The zero-order chi connectivity index (χ0) is 16.5. The van der Waals surface area contributed by atoms with E-state index in [1.54, 1.807) is 6.20 Å². The number of halogens is 1. The van der Waals surface area contributed by atoms with Gasteiger partial charge in [-0.05, 0) is 30.5 Å². The molecule has 0 fully saturated rings. The summed E-state index contributed by atoms with van der Waals surface area (Å²) in [5.41, 5.74) is 2.89. The fraction of sp³-hybridized carbons (Fsp3) is 0.222. The number of ether oxygens (including phenoxy) is 1. The van der Waals surface area contributed by atoms with E-state index in [0.717, 1.165) is 16.7 Å². The van der Waals surface area contributed by atoms with Crippen molar-refractivity contribution in [3.63, 3.8) is 0 Å². The van der Waals surface area contributed by atoms with Crippen LogP contribution in [0.3, 0.4) is 0 Å². The second-order valence-corrected chi connectivity index (χ2v) is 5.43. The monoisotopic (exact) mass is 330 g/mol. The van der Waals surface area contributed by atoms with Gasteiger partial charge in [-0.15, -0.1) is 0 Å². The quantitative estimate of drug-likeness (QED) is 0.632. The van der Waals surface area contributed by atoms with Crippen LogP contribution in [0.4, 0.5) is 4.79 Å². The first-order valence-corrected chi connectivity index (χ1v) is 7.76. The molecule has 0 atom stereocenters. The summed E-state index contributed by atoms with van der Waals surface area (Å²) in [6, 6.07) is 11.5. The summed E-state index contributed by atoms with van der Waals surface area (Å²) in [4.78, 5) is 15.6. The van der Waals surface area contributed by atoms with Crippen molar-refractivity contribution in [2.24, 2.45) is 0 Å². The second kappa shape index (κ2) is 8.96. The Morgan fingerprint density at radius 2 is 2.13 bits per heavy atom. The Hall–Kier alpha value is -2.33. The number of aryl methyl sites for hydroxylation is 1. The maximum absolute atomic E-state index is 11.6. The van der Waals surface area contributed by atoms with Gasteiger partial charge in [0.1, 0.15) is 11.8 Å². The molecule has 0 aliphatic heterocycles. The Bertz CT molecular complexity index is 672. The number of amides is 1. The topological polar surface area (TPSA) is 51.2 Å². The van der Waals surface area contributed by atoms with Crippen LogP contribution >= 0.6 is 11.6 Å². The highest BCUT2D eigenvalue weighted by molar-refractivity contribution is 6.30. The number of hydrogen-bond acceptors (Lipinski definition) is 3. The van der Waals surface area contributed by atoms with Gasteiger partial charge in [-0.25, -0.2) is 9.78 Å². The SMILES string of the molecule is Cc1cnc(Cl)c(C=CCCNC(=O)OCc2ccccc2)c1. The number of aromatic nitrogens is 1. The van der Waals surface area contributed by atoms with Gasteiger partial charge in [0.05, 0.1) is 0 Å². The molecule has 1 amide bonds. The van der Waals surface area contributed by atoms with Crippen LogP contribution in [0.15, 0.2) is 48.7 Å². The van der Waals surface area contributed by atoms with Crippen molar-refractivity contribution in [1.82, 2.24) is 10.3 Å². The third-order valence-electron chi connectivity index (χ3n) is 3.09. The Morgan fingerprint density at radius 3 is 2.91 bits per heavy atom. The summed E-state index contributed by atoms with van der Waals surface area (Å²) in [5.74, 6) is 0. The molecule has 4 nitrogen and oxygen atoms in total. The molecule has 0 unspecified atom stereocenters. The minimum atomic E-state index is -0.419. The Kier molecular flexibility index (Phi) is 6.63. The van der Waals surface area contributed by atoms with E-state index in [-0.39, 0.29) is 6.61 Å². The van der Waals surface area contributed by atoms with E-state index in [1.807, 2.05) is 55.5 Å². The molecule has 5 heteroatoms. The number of benzene rings is 1. The smallest absolute Gasteiger partial charge is 0.407 e. The lowest BCUT2D eigenvalue weighted by atomic mass is 10.2. The number of carbonyl (C=O) groups is 1. The van der Waals surface area contributed by atoms with Crippen molar-refractivity contribution in [2.45, 2.75) is 20.0 Å². The number of hydrogen-bond donors (Lipinski definition) is 1. The molecule has 23 heavy (non-hydrogen) atoms. The molecule has 1 aromatic carbocycles. The average molecular weight is 331 g/mol. The largest absolute Gasteiger partial charge is 0.445 e. The van der Waals surface area contributed by atoms with E-state index in [4.69, 9.17) is 16.3 Å². The predicted octanol–water partition coefficient (Wildman–Crippen LogP) is 4.37. The van der Waals surface area contributed by atoms with Crippen molar-refractivity contribution in [1.29, 1.82) is 0 Å². The van der Waals surface area contributed by atoms with Gasteiger partial charge in [0.15, 0.2) is 0 Å². The van der Waals surface area contributed by atoms with E-state index in [9.17, 15) is 4.79 Å². The van der Waals surface area contributed by atoms with Crippen LogP contribution in [-0.4, -0.2) is 17.6 Å². The molecular weight excluding hydrogens is 312 g/mol. The fourth-order valence-corrected chi connectivity index (χ4v) is 2.10. The Morgan fingerprint density at radius 1 is 1.35 bits per heavy atom. The molecule has 0 spiro atoms. The zero-order valence-corrected chi connectivity index (χ0v) is 13.7. The van der Waals surface area contributed by atoms with Gasteiger partial charge in [-0.2, -0.15) is 0 Å². The number of alkyl carbamates (subject to hydrolysis) is 1. The second-order valence-electron chi connectivity index (χ2n) is 5.07. The van der Waals surface area contributed by atoms with Crippen molar-refractivity contribution in [3.8, 4) is 0 Å². The van der Waals surface area contributed by atoms with Crippen LogP contribution in [0, 0.1) is 6.92 Å². The van der Waals surface area contributed by atoms with E-state index in [2.05, 4.69) is 10.3 Å². The highest BCUT2D eigenvalue weighted by Crippen LogP contribution is 2.15. The van der Waals surface area contributed by atoms with Crippen molar-refractivity contribution >= 4 is 23.8 Å². The number of carbonyl (C=O) groups excluding carboxylic acids is 1.